The first-order valence-electron chi connectivity index (χ1n) is 7.19. The average Bonchev–Trinajstić information content (AvgIpc) is 2.96. The summed E-state index contributed by atoms with van der Waals surface area (Å²) in [6.07, 6.45) is 1.55. The van der Waals surface area contributed by atoms with E-state index in [0.717, 1.165) is 22.5 Å². The van der Waals surface area contributed by atoms with Crippen LogP contribution in [0.4, 0.5) is 17.2 Å². The van der Waals surface area contributed by atoms with Crippen LogP contribution in [0.5, 0.6) is 0 Å². The van der Waals surface area contributed by atoms with E-state index in [9.17, 15) is 5.02 Å². The molecule has 0 atom stereocenters. The number of nitrogens with zero attached hydrogens (tertiary/aromatic N) is 3. The average molecular weight is 295 g/mol. The van der Waals surface area contributed by atoms with Gasteiger partial charge in [-0.15, -0.1) is 0 Å². The minimum Gasteiger partial charge on any atom is -0.423 e. The lowest BCUT2D eigenvalue weighted by molar-refractivity contribution is 0.275. The van der Waals surface area contributed by atoms with Gasteiger partial charge >= 0.3 is 7.12 Å². The molecule has 0 aliphatic carbocycles. The molecule has 0 fully saturated rings. The van der Waals surface area contributed by atoms with Crippen LogP contribution in [0.15, 0.2) is 36.5 Å². The van der Waals surface area contributed by atoms with Crippen molar-refractivity contribution in [3.8, 4) is 0 Å². The third-order valence-corrected chi connectivity index (χ3v) is 3.38. The summed E-state index contributed by atoms with van der Waals surface area (Å²) in [5.74, 6) is 0.761. The van der Waals surface area contributed by atoms with E-state index in [1.165, 1.54) is 0 Å². The Hall–Kier alpha value is -2.36. The smallest absolute Gasteiger partial charge is 0.423 e. The molecular formula is C16H18BN3O2. The first kappa shape index (κ1) is 16.0. The van der Waals surface area contributed by atoms with Crippen LogP contribution in [-0.4, -0.2) is 24.2 Å². The molecule has 112 valence electrons. The normalized spacial score (nSPS) is 12.0. The van der Waals surface area contributed by atoms with Crippen molar-refractivity contribution in [2.45, 2.75) is 20.5 Å². The standard InChI is InChI=1S/C14H12BN3O2.C2H6/c1-16-11-3-6-14(17-8-11)18(2)12-4-5-13-10(7-12)9-20-15(13)19;1-2/h3-8,19H,9H2,2H3;1-2H3. The van der Waals surface area contributed by atoms with Gasteiger partial charge in [-0.3, -0.25) is 4.98 Å². The Balaban J connectivity index is 0.000000847. The highest BCUT2D eigenvalue weighted by atomic mass is 16.5. The van der Waals surface area contributed by atoms with E-state index >= 15 is 0 Å². The van der Waals surface area contributed by atoms with E-state index in [0.29, 0.717) is 12.3 Å². The predicted octanol–water partition coefficient (Wildman–Crippen LogP) is 2.64. The number of rotatable bonds is 2. The monoisotopic (exact) mass is 295 g/mol. The zero-order chi connectivity index (χ0) is 16.1. The molecule has 1 aliphatic rings. The third-order valence-electron chi connectivity index (χ3n) is 3.38. The van der Waals surface area contributed by atoms with Crippen molar-refractivity contribution < 1.29 is 9.68 Å². The van der Waals surface area contributed by atoms with E-state index in [2.05, 4.69) is 9.83 Å². The minimum absolute atomic E-state index is 0.419. The van der Waals surface area contributed by atoms with Gasteiger partial charge in [0.25, 0.3) is 0 Å². The summed E-state index contributed by atoms with van der Waals surface area (Å²) >= 11 is 0. The fourth-order valence-electron chi connectivity index (χ4n) is 2.20. The van der Waals surface area contributed by atoms with Crippen molar-refractivity contribution >= 4 is 29.8 Å². The fourth-order valence-corrected chi connectivity index (χ4v) is 2.20. The molecule has 5 nitrogen and oxygen atoms in total. The van der Waals surface area contributed by atoms with E-state index in [1.54, 1.807) is 12.3 Å². The summed E-state index contributed by atoms with van der Waals surface area (Å²) in [4.78, 5) is 9.52. The maximum atomic E-state index is 9.61. The van der Waals surface area contributed by atoms with Crippen LogP contribution in [0.2, 0.25) is 0 Å². The first-order valence-corrected chi connectivity index (χ1v) is 7.19. The Bertz CT molecular complexity index is 683. The second-order valence-electron chi connectivity index (χ2n) is 4.59. The van der Waals surface area contributed by atoms with Crippen molar-refractivity contribution in [3.05, 3.63) is 53.5 Å². The van der Waals surface area contributed by atoms with Gasteiger partial charge in [0.15, 0.2) is 0 Å². The van der Waals surface area contributed by atoms with Gasteiger partial charge < -0.3 is 14.6 Å². The topological polar surface area (TPSA) is 50.0 Å². The number of anilines is 2. The Morgan fingerprint density at radius 3 is 2.73 bits per heavy atom. The van der Waals surface area contributed by atoms with Gasteiger partial charge in [-0.1, -0.05) is 26.0 Å². The van der Waals surface area contributed by atoms with Crippen LogP contribution >= 0.6 is 0 Å². The van der Waals surface area contributed by atoms with E-state index in [1.807, 2.05) is 50.1 Å². The molecule has 2 aromatic rings. The largest absolute Gasteiger partial charge is 0.491 e. The van der Waals surface area contributed by atoms with Crippen LogP contribution < -0.4 is 10.4 Å². The first-order chi connectivity index (χ1) is 10.7. The number of fused-ring (bicyclic) bond motifs is 1. The SMILES string of the molecule is CC.[C-]#[N+]c1ccc(N(C)c2ccc3c(c2)COB3O)nc1. The second kappa shape index (κ2) is 7.07. The molecule has 1 aromatic carbocycles. The van der Waals surface area contributed by atoms with Gasteiger partial charge in [-0.2, -0.15) is 0 Å². The van der Waals surface area contributed by atoms with E-state index in [-0.39, 0.29) is 0 Å². The molecule has 3 rings (SSSR count). The van der Waals surface area contributed by atoms with Crippen molar-refractivity contribution in [1.82, 2.24) is 4.98 Å². The highest BCUT2D eigenvalue weighted by molar-refractivity contribution is 6.61. The predicted molar refractivity (Wildman–Crippen MR) is 88.7 cm³/mol. The number of hydrogen-bond acceptors (Lipinski definition) is 4. The zero-order valence-corrected chi connectivity index (χ0v) is 12.9. The summed E-state index contributed by atoms with van der Waals surface area (Å²) in [5, 5.41) is 9.61. The lowest BCUT2D eigenvalue weighted by atomic mass is 9.79. The summed E-state index contributed by atoms with van der Waals surface area (Å²) in [7, 11) is 1.09. The molecule has 6 heteroatoms. The fraction of sp³-hybridized carbons (Fsp3) is 0.250. The summed E-state index contributed by atoms with van der Waals surface area (Å²) < 4.78 is 5.18. The lowest BCUT2D eigenvalue weighted by Gasteiger charge is -2.19. The van der Waals surface area contributed by atoms with Crippen LogP contribution in [0, 0.1) is 6.57 Å². The molecule has 2 heterocycles. The molecule has 0 unspecified atom stereocenters. The third kappa shape index (κ3) is 3.11. The summed E-state index contributed by atoms with van der Waals surface area (Å²) in [5.41, 5.74) is 3.29. The van der Waals surface area contributed by atoms with Crippen molar-refractivity contribution in [2.75, 3.05) is 11.9 Å². The highest BCUT2D eigenvalue weighted by Gasteiger charge is 2.27. The van der Waals surface area contributed by atoms with E-state index < -0.39 is 7.12 Å². The molecule has 0 amide bonds. The van der Waals surface area contributed by atoms with Gasteiger partial charge in [-0.05, 0) is 29.2 Å². The lowest BCUT2D eigenvalue weighted by Crippen LogP contribution is -2.28. The van der Waals surface area contributed by atoms with Crippen LogP contribution in [0.25, 0.3) is 4.85 Å². The highest BCUT2D eigenvalue weighted by Crippen LogP contribution is 2.25. The number of hydrogen-bond donors (Lipinski definition) is 1. The molecule has 1 aliphatic heterocycles. The second-order valence-corrected chi connectivity index (χ2v) is 4.59. The number of aromatic nitrogens is 1. The molecule has 1 aromatic heterocycles. The molecule has 22 heavy (non-hydrogen) atoms. The van der Waals surface area contributed by atoms with Crippen molar-refractivity contribution in [2.24, 2.45) is 0 Å². The zero-order valence-electron chi connectivity index (χ0n) is 12.9. The number of pyridine rings is 1. The summed E-state index contributed by atoms with van der Waals surface area (Å²) in [6, 6.07) is 9.32. The Morgan fingerprint density at radius 1 is 1.32 bits per heavy atom. The maximum Gasteiger partial charge on any atom is 0.491 e. The Kier molecular flexibility index (Phi) is 5.15. The Morgan fingerprint density at radius 2 is 2.09 bits per heavy atom. The molecule has 0 bridgehead atoms. The maximum absolute atomic E-state index is 9.61. The Labute approximate surface area is 131 Å². The summed E-state index contributed by atoms with van der Waals surface area (Å²) in [6.45, 7) is 11.3. The minimum atomic E-state index is -0.819. The molecule has 0 saturated heterocycles. The molecule has 0 spiro atoms. The quantitative estimate of drug-likeness (QED) is 0.683. The van der Waals surface area contributed by atoms with Gasteiger partial charge in [-0.25, -0.2) is 4.85 Å². The number of benzene rings is 1. The van der Waals surface area contributed by atoms with Gasteiger partial charge in [0, 0.05) is 18.9 Å². The van der Waals surface area contributed by atoms with Crippen LogP contribution in [0.1, 0.15) is 19.4 Å². The molecule has 1 N–H and O–H groups in total. The van der Waals surface area contributed by atoms with Gasteiger partial charge in [0.05, 0.1) is 13.2 Å². The molecule has 0 saturated carbocycles. The molecule has 0 radical (unpaired) electrons. The molecular weight excluding hydrogens is 277 g/mol. The van der Waals surface area contributed by atoms with Crippen LogP contribution in [0.3, 0.4) is 0 Å². The van der Waals surface area contributed by atoms with Crippen LogP contribution in [-0.2, 0) is 11.3 Å². The van der Waals surface area contributed by atoms with E-state index in [4.69, 9.17) is 11.2 Å². The van der Waals surface area contributed by atoms with Crippen molar-refractivity contribution in [1.29, 1.82) is 0 Å². The van der Waals surface area contributed by atoms with Crippen molar-refractivity contribution in [3.63, 3.8) is 0 Å². The van der Waals surface area contributed by atoms with Gasteiger partial charge in [0.1, 0.15) is 5.82 Å². The van der Waals surface area contributed by atoms with Gasteiger partial charge in [0.2, 0.25) is 5.69 Å².